The van der Waals surface area contributed by atoms with Crippen molar-refractivity contribution in [3.8, 4) is 11.1 Å². The van der Waals surface area contributed by atoms with Crippen LogP contribution in [0.5, 0.6) is 0 Å². The molecule has 0 bridgehead atoms. The summed E-state index contributed by atoms with van der Waals surface area (Å²) in [6.07, 6.45) is 1.50. The van der Waals surface area contributed by atoms with Gasteiger partial charge >= 0.3 is 0 Å². The Hall–Kier alpha value is -3.84. The monoisotopic (exact) mass is 438 g/mol. The molecule has 0 radical (unpaired) electrons. The van der Waals surface area contributed by atoms with E-state index in [1.807, 2.05) is 51.0 Å². The van der Waals surface area contributed by atoms with Crippen molar-refractivity contribution in [2.24, 2.45) is 0 Å². The molecule has 158 valence electrons. The Labute approximate surface area is 184 Å². The van der Waals surface area contributed by atoms with Gasteiger partial charge in [-0.2, -0.15) is 0 Å². The highest BCUT2D eigenvalue weighted by Gasteiger charge is 2.08. The molecule has 4 rings (SSSR count). The third-order valence-corrected chi connectivity index (χ3v) is 4.59. The normalized spacial score (nSPS) is 9.65. The molecule has 0 saturated carbocycles. The van der Waals surface area contributed by atoms with Crippen molar-refractivity contribution in [2.45, 2.75) is 0 Å². The molecule has 0 atom stereocenters. The lowest BCUT2D eigenvalue weighted by molar-refractivity contribution is -0.0987. The van der Waals surface area contributed by atoms with E-state index in [4.69, 9.17) is 21.2 Å². The van der Waals surface area contributed by atoms with Crippen molar-refractivity contribution in [3.05, 3.63) is 77.8 Å². The van der Waals surface area contributed by atoms with Crippen LogP contribution in [0.4, 0.5) is 21.6 Å². The highest BCUT2D eigenvalue weighted by Crippen LogP contribution is 2.30. The van der Waals surface area contributed by atoms with Crippen LogP contribution in [0.1, 0.15) is 0 Å². The molecule has 2 N–H and O–H groups in total. The van der Waals surface area contributed by atoms with Crippen LogP contribution in [0.3, 0.4) is 0 Å². The number of carbonyl (C=O) groups is 2. The molecule has 0 spiro atoms. The second-order valence-corrected chi connectivity index (χ2v) is 6.45. The number of benzene rings is 3. The molecule has 0 fully saturated rings. The fourth-order valence-electron chi connectivity index (χ4n) is 2.90. The van der Waals surface area contributed by atoms with Crippen LogP contribution in [0.25, 0.3) is 22.0 Å². The quantitative estimate of drug-likeness (QED) is 0.437. The first-order valence-corrected chi connectivity index (χ1v) is 9.34. The van der Waals surface area contributed by atoms with Gasteiger partial charge in [-0.15, -0.1) is 0 Å². The van der Waals surface area contributed by atoms with Crippen molar-refractivity contribution in [3.63, 3.8) is 0 Å². The molecule has 1 aromatic heterocycles. The molecule has 6 nitrogen and oxygen atoms in total. The van der Waals surface area contributed by atoms with Crippen LogP contribution in [-0.4, -0.2) is 30.6 Å². The van der Waals surface area contributed by atoms with Gasteiger partial charge in [0.2, 0.25) is 0 Å². The second-order valence-electron chi connectivity index (χ2n) is 6.04. The summed E-state index contributed by atoms with van der Waals surface area (Å²) in [5.41, 5.74) is 4.65. The molecule has 0 saturated heterocycles. The Morgan fingerprint density at radius 2 is 1.61 bits per heavy atom. The third-order valence-electron chi connectivity index (χ3n) is 4.30. The third kappa shape index (κ3) is 5.61. The number of hydrogen-bond acceptors (Lipinski definition) is 6. The SMILES string of the molecule is C=O.C=O.CNc1cccc(-c2ccc3ncnc(Nc4ccc(F)c(Cl)c4)c3c2)c1. The van der Waals surface area contributed by atoms with Gasteiger partial charge in [0.15, 0.2) is 0 Å². The highest BCUT2D eigenvalue weighted by molar-refractivity contribution is 6.31. The minimum Gasteiger partial charge on any atom is -0.388 e. The molecule has 0 aliphatic heterocycles. The van der Waals surface area contributed by atoms with Crippen molar-refractivity contribution in [1.82, 2.24) is 9.97 Å². The molecule has 3 aromatic carbocycles. The van der Waals surface area contributed by atoms with E-state index < -0.39 is 5.82 Å². The standard InChI is InChI=1S/C21H16ClFN4.2CH2O/c1-24-15-4-2-3-13(9-15)14-5-8-20-17(10-14)21(26-12-25-20)27-16-6-7-19(23)18(22)11-16;2*1-2/h2-12,24H,1H3,(H,25,26,27);2*1H2. The van der Waals surface area contributed by atoms with Crippen molar-refractivity contribution in [1.29, 1.82) is 0 Å². The van der Waals surface area contributed by atoms with Crippen LogP contribution in [-0.2, 0) is 9.59 Å². The summed E-state index contributed by atoms with van der Waals surface area (Å²) in [5, 5.41) is 7.27. The molecule has 31 heavy (non-hydrogen) atoms. The predicted octanol–water partition coefficient (Wildman–Crippen LogP) is 5.50. The summed E-state index contributed by atoms with van der Waals surface area (Å²) in [5.74, 6) is 0.177. The number of carbonyl (C=O) groups excluding carboxylic acids is 2. The topological polar surface area (TPSA) is 84.0 Å². The Bertz CT molecular complexity index is 1170. The van der Waals surface area contributed by atoms with E-state index in [9.17, 15) is 4.39 Å². The number of rotatable bonds is 4. The maximum atomic E-state index is 13.4. The minimum absolute atomic E-state index is 0.0583. The molecular weight excluding hydrogens is 419 g/mol. The van der Waals surface area contributed by atoms with Gasteiger partial charge in [-0.1, -0.05) is 29.8 Å². The summed E-state index contributed by atoms with van der Waals surface area (Å²) in [7, 11) is 1.89. The smallest absolute Gasteiger partial charge is 0.141 e. The number of aromatic nitrogens is 2. The molecule has 0 unspecified atom stereocenters. The highest BCUT2D eigenvalue weighted by atomic mass is 35.5. The largest absolute Gasteiger partial charge is 0.388 e. The number of hydrogen-bond donors (Lipinski definition) is 2. The number of halogens is 2. The zero-order valence-corrected chi connectivity index (χ0v) is 17.5. The fraction of sp³-hybridized carbons (Fsp3) is 0.0435. The first kappa shape index (κ1) is 23.4. The van der Waals surface area contributed by atoms with Crippen LogP contribution in [0, 0.1) is 5.82 Å². The van der Waals surface area contributed by atoms with Gasteiger partial charge in [-0.05, 0) is 53.6 Å². The Morgan fingerprint density at radius 3 is 2.32 bits per heavy atom. The Kier molecular flexibility index (Phi) is 8.60. The van der Waals surface area contributed by atoms with Crippen LogP contribution in [0.15, 0.2) is 67.0 Å². The van der Waals surface area contributed by atoms with Gasteiger partial charge in [0.1, 0.15) is 31.5 Å². The zero-order valence-electron chi connectivity index (χ0n) is 16.7. The van der Waals surface area contributed by atoms with E-state index in [1.165, 1.54) is 18.5 Å². The maximum Gasteiger partial charge on any atom is 0.141 e. The average molecular weight is 439 g/mol. The van der Waals surface area contributed by atoms with Gasteiger partial charge in [0, 0.05) is 23.8 Å². The molecule has 0 aliphatic rings. The van der Waals surface area contributed by atoms with Gasteiger partial charge in [0.25, 0.3) is 0 Å². The summed E-state index contributed by atoms with van der Waals surface area (Å²) >= 11 is 5.88. The maximum absolute atomic E-state index is 13.4. The van der Waals surface area contributed by atoms with Gasteiger partial charge in [-0.3, -0.25) is 0 Å². The van der Waals surface area contributed by atoms with E-state index in [0.717, 1.165) is 27.7 Å². The molecule has 0 aliphatic carbocycles. The van der Waals surface area contributed by atoms with Gasteiger partial charge < -0.3 is 20.2 Å². The minimum atomic E-state index is -0.457. The van der Waals surface area contributed by atoms with E-state index >= 15 is 0 Å². The Morgan fingerprint density at radius 1 is 0.871 bits per heavy atom. The Balaban J connectivity index is 0.000000807. The molecule has 0 amide bonds. The van der Waals surface area contributed by atoms with Crippen molar-refractivity contribution >= 4 is 53.3 Å². The fourth-order valence-corrected chi connectivity index (χ4v) is 3.08. The predicted molar refractivity (Wildman–Crippen MR) is 123 cm³/mol. The molecular formula is C23H20ClFN4O2. The van der Waals surface area contributed by atoms with Crippen LogP contribution in [0.2, 0.25) is 5.02 Å². The number of nitrogens with one attached hydrogen (secondary N) is 2. The lowest BCUT2D eigenvalue weighted by Crippen LogP contribution is -1.97. The summed E-state index contributed by atoms with van der Waals surface area (Å²) in [4.78, 5) is 24.7. The number of fused-ring (bicyclic) bond motifs is 1. The second kappa shape index (κ2) is 11.4. The van der Waals surface area contributed by atoms with Crippen LogP contribution < -0.4 is 10.6 Å². The van der Waals surface area contributed by atoms with E-state index in [0.29, 0.717) is 11.5 Å². The average Bonchev–Trinajstić information content (AvgIpc) is 2.84. The van der Waals surface area contributed by atoms with Crippen LogP contribution >= 0.6 is 11.6 Å². The first-order chi connectivity index (χ1) is 15.1. The summed E-state index contributed by atoms with van der Waals surface area (Å²) < 4.78 is 13.4. The number of nitrogens with zero attached hydrogens (tertiary/aromatic N) is 2. The lowest BCUT2D eigenvalue weighted by Gasteiger charge is -2.11. The summed E-state index contributed by atoms with van der Waals surface area (Å²) in [6.45, 7) is 4.00. The van der Waals surface area contributed by atoms with E-state index in [-0.39, 0.29) is 5.02 Å². The van der Waals surface area contributed by atoms with Crippen molar-refractivity contribution < 1.29 is 14.0 Å². The zero-order chi connectivity index (χ0) is 22.8. The van der Waals surface area contributed by atoms with Gasteiger partial charge in [0.05, 0.1) is 10.5 Å². The number of anilines is 3. The molecule has 4 aromatic rings. The van der Waals surface area contributed by atoms with Gasteiger partial charge in [-0.25, -0.2) is 14.4 Å². The van der Waals surface area contributed by atoms with E-state index in [2.05, 4.69) is 32.7 Å². The summed E-state index contributed by atoms with van der Waals surface area (Å²) in [6, 6.07) is 18.7. The van der Waals surface area contributed by atoms with Crippen molar-refractivity contribution in [2.75, 3.05) is 17.7 Å². The first-order valence-electron chi connectivity index (χ1n) is 8.97. The molecule has 8 heteroatoms. The lowest BCUT2D eigenvalue weighted by atomic mass is 10.0. The van der Waals surface area contributed by atoms with E-state index in [1.54, 1.807) is 6.07 Å². The molecule has 1 heterocycles.